The first-order valence-corrected chi connectivity index (χ1v) is 6.45. The molecule has 0 aliphatic heterocycles. The van der Waals surface area contributed by atoms with Gasteiger partial charge in [-0.15, -0.1) is 0 Å². The van der Waals surface area contributed by atoms with Crippen LogP contribution in [0.25, 0.3) is 0 Å². The molecule has 6 nitrogen and oxygen atoms in total. The van der Waals surface area contributed by atoms with Crippen molar-refractivity contribution in [2.75, 3.05) is 13.2 Å². The van der Waals surface area contributed by atoms with Gasteiger partial charge in [0.05, 0.1) is 6.61 Å². The van der Waals surface area contributed by atoms with Gasteiger partial charge in [0.2, 0.25) is 5.91 Å². The summed E-state index contributed by atoms with van der Waals surface area (Å²) in [6, 6.07) is 6.68. The second kappa shape index (κ2) is 8.39. The number of halogens is 1. The average Bonchev–Trinajstić information content (AvgIpc) is 2.40. The van der Waals surface area contributed by atoms with E-state index < -0.39 is 12.0 Å². The normalized spacial score (nSPS) is 11.6. The highest BCUT2D eigenvalue weighted by Gasteiger charge is 2.14. The first kappa shape index (κ1) is 16.3. The number of ether oxygens (including phenoxy) is 1. The molecule has 0 aliphatic carbocycles. The zero-order valence-corrected chi connectivity index (χ0v) is 12.1. The van der Waals surface area contributed by atoms with Crippen molar-refractivity contribution >= 4 is 23.4 Å². The van der Waals surface area contributed by atoms with Crippen LogP contribution in [0.3, 0.4) is 0 Å². The maximum atomic E-state index is 11.6. The van der Waals surface area contributed by atoms with Gasteiger partial charge in [0.25, 0.3) is 5.91 Å². The van der Waals surface area contributed by atoms with Crippen LogP contribution >= 0.6 is 11.6 Å². The first-order chi connectivity index (χ1) is 9.49. The fourth-order valence-corrected chi connectivity index (χ4v) is 1.38. The van der Waals surface area contributed by atoms with Crippen LogP contribution in [-0.4, -0.2) is 31.1 Å². The van der Waals surface area contributed by atoms with Crippen LogP contribution in [0.5, 0.6) is 5.75 Å². The Kier molecular flexibility index (Phi) is 6.83. The molecule has 1 unspecified atom stereocenters. The summed E-state index contributed by atoms with van der Waals surface area (Å²) in [5, 5.41) is 3.13. The summed E-state index contributed by atoms with van der Waals surface area (Å²) >= 11 is 5.75. The molecule has 1 aromatic carbocycles. The number of amides is 2. The molecule has 0 fully saturated rings. The third-order valence-corrected chi connectivity index (χ3v) is 2.50. The largest absolute Gasteiger partial charge is 0.481 e. The molecule has 7 heteroatoms. The van der Waals surface area contributed by atoms with Crippen LogP contribution in [0.1, 0.15) is 13.8 Å². The Morgan fingerprint density at radius 1 is 1.30 bits per heavy atom. The number of hydrogen-bond donors (Lipinski definition) is 2. The third kappa shape index (κ3) is 6.40. The van der Waals surface area contributed by atoms with E-state index in [2.05, 4.69) is 10.8 Å². The molecule has 0 spiro atoms. The molecule has 0 aromatic heterocycles. The Bertz CT molecular complexity index is 450. The van der Waals surface area contributed by atoms with E-state index in [1.54, 1.807) is 31.2 Å². The van der Waals surface area contributed by atoms with Crippen LogP contribution in [0.15, 0.2) is 24.3 Å². The molecule has 0 aliphatic rings. The van der Waals surface area contributed by atoms with Gasteiger partial charge in [0.1, 0.15) is 5.75 Å². The standard InChI is InChI=1S/C13H17ClN2O4/c1-9(20-12-5-3-11(14)4-6-12)13(18)16-19-8-7-15-10(2)17/h3-6,9H,7-8H2,1-2H3,(H,15,17)(H,16,18). The molecule has 0 saturated heterocycles. The van der Waals surface area contributed by atoms with Gasteiger partial charge in [-0.2, -0.15) is 0 Å². The number of benzene rings is 1. The van der Waals surface area contributed by atoms with Gasteiger partial charge in [0, 0.05) is 18.5 Å². The lowest BCUT2D eigenvalue weighted by Gasteiger charge is -2.14. The van der Waals surface area contributed by atoms with Crippen LogP contribution < -0.4 is 15.5 Å². The van der Waals surface area contributed by atoms with Crippen LogP contribution in [0.2, 0.25) is 5.02 Å². The highest BCUT2D eigenvalue weighted by Crippen LogP contribution is 2.16. The summed E-state index contributed by atoms with van der Waals surface area (Å²) in [5.74, 6) is -0.0302. The van der Waals surface area contributed by atoms with Crippen molar-refractivity contribution in [3.8, 4) is 5.75 Å². The zero-order valence-electron chi connectivity index (χ0n) is 11.3. The minimum Gasteiger partial charge on any atom is -0.481 e. The number of hydrogen-bond acceptors (Lipinski definition) is 4. The fraction of sp³-hybridized carbons (Fsp3) is 0.385. The van der Waals surface area contributed by atoms with Crippen molar-refractivity contribution in [1.29, 1.82) is 0 Å². The highest BCUT2D eigenvalue weighted by molar-refractivity contribution is 6.30. The van der Waals surface area contributed by atoms with Crippen molar-refractivity contribution in [3.63, 3.8) is 0 Å². The van der Waals surface area contributed by atoms with E-state index >= 15 is 0 Å². The van der Waals surface area contributed by atoms with Gasteiger partial charge in [-0.25, -0.2) is 5.48 Å². The first-order valence-electron chi connectivity index (χ1n) is 6.07. The number of carbonyl (C=O) groups excluding carboxylic acids is 2. The van der Waals surface area contributed by atoms with E-state index in [0.717, 1.165) is 0 Å². The molecule has 2 N–H and O–H groups in total. The number of carbonyl (C=O) groups is 2. The Morgan fingerprint density at radius 2 is 1.95 bits per heavy atom. The van der Waals surface area contributed by atoms with E-state index in [1.807, 2.05) is 0 Å². The molecule has 0 saturated carbocycles. The van der Waals surface area contributed by atoms with Crippen LogP contribution in [-0.2, 0) is 14.4 Å². The van der Waals surface area contributed by atoms with E-state index in [0.29, 0.717) is 17.3 Å². The smallest absolute Gasteiger partial charge is 0.284 e. The van der Waals surface area contributed by atoms with E-state index in [-0.39, 0.29) is 12.5 Å². The average molecular weight is 301 g/mol. The second-order valence-corrected chi connectivity index (χ2v) is 4.45. The van der Waals surface area contributed by atoms with Gasteiger partial charge in [-0.3, -0.25) is 14.4 Å². The summed E-state index contributed by atoms with van der Waals surface area (Å²) in [6.07, 6.45) is -0.711. The van der Waals surface area contributed by atoms with Crippen molar-refractivity contribution in [1.82, 2.24) is 10.8 Å². The molecule has 2 amide bonds. The number of rotatable bonds is 7. The van der Waals surface area contributed by atoms with Crippen LogP contribution in [0.4, 0.5) is 0 Å². The van der Waals surface area contributed by atoms with E-state index in [4.69, 9.17) is 21.2 Å². The summed E-state index contributed by atoms with van der Waals surface area (Å²) in [6.45, 7) is 3.50. The second-order valence-electron chi connectivity index (χ2n) is 4.01. The Labute approximate surface area is 122 Å². The van der Waals surface area contributed by atoms with Crippen molar-refractivity contribution in [2.45, 2.75) is 20.0 Å². The Hall–Kier alpha value is -1.79. The van der Waals surface area contributed by atoms with Crippen molar-refractivity contribution in [2.24, 2.45) is 0 Å². The van der Waals surface area contributed by atoms with Crippen LogP contribution in [0, 0.1) is 0 Å². The molecule has 0 heterocycles. The number of hydroxylamine groups is 1. The van der Waals surface area contributed by atoms with Gasteiger partial charge < -0.3 is 10.1 Å². The number of nitrogens with one attached hydrogen (secondary N) is 2. The summed E-state index contributed by atoms with van der Waals surface area (Å²) in [5.41, 5.74) is 2.25. The molecule has 0 radical (unpaired) electrons. The van der Waals surface area contributed by atoms with Gasteiger partial charge >= 0.3 is 0 Å². The minimum absolute atomic E-state index is 0.153. The topological polar surface area (TPSA) is 76.7 Å². The molecule has 110 valence electrons. The molecule has 1 aromatic rings. The fourth-order valence-electron chi connectivity index (χ4n) is 1.25. The monoisotopic (exact) mass is 300 g/mol. The summed E-state index contributed by atoms with van der Waals surface area (Å²) in [7, 11) is 0. The SMILES string of the molecule is CC(=O)NCCONC(=O)C(C)Oc1ccc(Cl)cc1. The lowest BCUT2D eigenvalue weighted by Crippen LogP contribution is -2.38. The predicted molar refractivity (Wildman–Crippen MR) is 74.3 cm³/mol. The predicted octanol–water partition coefficient (Wildman–Crippen LogP) is 1.29. The van der Waals surface area contributed by atoms with E-state index in [9.17, 15) is 9.59 Å². The maximum Gasteiger partial charge on any atom is 0.284 e. The Balaban J connectivity index is 2.25. The van der Waals surface area contributed by atoms with Gasteiger partial charge in [0.15, 0.2) is 6.10 Å². The minimum atomic E-state index is -0.711. The van der Waals surface area contributed by atoms with Gasteiger partial charge in [-0.1, -0.05) is 11.6 Å². The maximum absolute atomic E-state index is 11.6. The molecule has 20 heavy (non-hydrogen) atoms. The zero-order chi connectivity index (χ0) is 15.0. The van der Waals surface area contributed by atoms with E-state index in [1.165, 1.54) is 6.92 Å². The summed E-state index contributed by atoms with van der Waals surface area (Å²) in [4.78, 5) is 27.1. The molecule has 1 rings (SSSR count). The van der Waals surface area contributed by atoms with Crippen molar-refractivity contribution in [3.05, 3.63) is 29.3 Å². The van der Waals surface area contributed by atoms with Crippen molar-refractivity contribution < 1.29 is 19.2 Å². The molecular weight excluding hydrogens is 284 g/mol. The lowest BCUT2D eigenvalue weighted by atomic mass is 10.3. The highest BCUT2D eigenvalue weighted by atomic mass is 35.5. The molecular formula is C13H17ClN2O4. The quantitative estimate of drug-likeness (QED) is 0.588. The third-order valence-electron chi connectivity index (χ3n) is 2.25. The molecule has 0 bridgehead atoms. The Morgan fingerprint density at radius 3 is 2.55 bits per heavy atom. The molecule has 1 atom stereocenters. The summed E-state index contributed by atoms with van der Waals surface area (Å²) < 4.78 is 5.41. The van der Waals surface area contributed by atoms with Gasteiger partial charge in [-0.05, 0) is 31.2 Å². The lowest BCUT2D eigenvalue weighted by molar-refractivity contribution is -0.140.